The van der Waals surface area contributed by atoms with Crippen LogP contribution in [-0.4, -0.2) is 16.6 Å². The van der Waals surface area contributed by atoms with Crippen LogP contribution in [0.2, 0.25) is 0 Å². The van der Waals surface area contributed by atoms with Crippen molar-refractivity contribution in [2.45, 2.75) is 45.2 Å². The molecule has 1 heterocycles. The van der Waals surface area contributed by atoms with Crippen molar-refractivity contribution in [2.75, 3.05) is 0 Å². The first-order valence-electron chi connectivity index (χ1n) is 3.84. The molecule has 0 N–H and O–H groups in total. The van der Waals surface area contributed by atoms with Gasteiger partial charge in [-0.1, -0.05) is 6.92 Å². The van der Waals surface area contributed by atoms with E-state index in [1.807, 2.05) is 13.8 Å². The Hall–Kier alpha value is -0.0800. The fourth-order valence-corrected chi connectivity index (χ4v) is 1.21. The zero-order chi connectivity index (χ0) is 7.99. The summed E-state index contributed by atoms with van der Waals surface area (Å²) in [6.45, 7) is 5.45. The van der Waals surface area contributed by atoms with Crippen molar-refractivity contribution in [1.29, 1.82) is 0 Å². The molecule has 0 radical (unpaired) electrons. The third-order valence-electron chi connectivity index (χ3n) is 2.00. The van der Waals surface area contributed by atoms with Crippen LogP contribution in [0, 0.1) is 5.21 Å². The van der Waals surface area contributed by atoms with Gasteiger partial charge < -0.3 is 10.3 Å². The Labute approximate surface area is 57.8 Å². The largest absolute Gasteiger partial charge is 0.785 e. The van der Waals surface area contributed by atoms with Gasteiger partial charge in [-0.2, -0.15) is 0 Å². The summed E-state index contributed by atoms with van der Waals surface area (Å²) >= 11 is 0. The first-order chi connectivity index (χ1) is 4.36. The summed E-state index contributed by atoms with van der Waals surface area (Å²) in [6, 6.07) is -0.885. The summed E-state index contributed by atoms with van der Waals surface area (Å²) < 4.78 is 7.56. The number of hydrogen-bond donors (Lipinski definition) is 0. The highest BCUT2D eigenvalue weighted by Crippen LogP contribution is 2.31. The van der Waals surface area contributed by atoms with Crippen molar-refractivity contribution in [3.63, 3.8) is 0 Å². The van der Waals surface area contributed by atoms with Crippen LogP contribution in [0.5, 0.6) is 0 Å². The minimum absolute atomic E-state index is 0.323. The molecule has 2 nitrogen and oxygen atoms in total. The van der Waals surface area contributed by atoms with Gasteiger partial charge in [0.1, 0.15) is 0 Å². The quantitative estimate of drug-likeness (QED) is 0.498. The average Bonchev–Trinajstić information content (AvgIpc) is 1.95. The normalized spacial score (nSPS) is 45.1. The van der Waals surface area contributed by atoms with Crippen molar-refractivity contribution >= 4 is 0 Å². The molecule has 1 atom stereocenters. The molecule has 1 unspecified atom stereocenters. The fraction of sp³-hybridized carbons (Fsp3) is 1.00. The fourth-order valence-electron chi connectivity index (χ4n) is 1.21. The molecule has 9 heavy (non-hydrogen) atoms. The topological polar surface area (TPSA) is 26.3 Å². The van der Waals surface area contributed by atoms with Crippen molar-refractivity contribution in [3.8, 4) is 0 Å². The van der Waals surface area contributed by atoms with Gasteiger partial charge in [0, 0.05) is 6.91 Å². The molecular weight excluding hydrogens is 114 g/mol. The predicted octanol–water partition coefficient (Wildman–Crippen LogP) is 1.75. The smallest absolute Gasteiger partial charge is 0.0455 e. The second kappa shape index (κ2) is 1.96. The summed E-state index contributed by atoms with van der Waals surface area (Å²) in [6.07, 6.45) is 1.51. The maximum atomic E-state index is 11.3. The molecule has 1 fully saturated rings. The molecule has 0 bridgehead atoms. The van der Waals surface area contributed by atoms with E-state index in [-0.39, 0.29) is 5.54 Å². The van der Waals surface area contributed by atoms with E-state index >= 15 is 0 Å². The molecule has 0 amide bonds. The van der Waals surface area contributed by atoms with Gasteiger partial charge in [0.05, 0.1) is 0 Å². The molecule has 54 valence electrons. The van der Waals surface area contributed by atoms with E-state index < -0.39 is 6.02 Å². The van der Waals surface area contributed by atoms with Gasteiger partial charge in [0.2, 0.25) is 0 Å². The van der Waals surface area contributed by atoms with E-state index in [0.29, 0.717) is 6.42 Å². The van der Waals surface area contributed by atoms with Crippen LogP contribution in [0.15, 0.2) is 0 Å². The Morgan fingerprint density at radius 2 is 2.33 bits per heavy atom. The van der Waals surface area contributed by atoms with Crippen LogP contribution in [0.3, 0.4) is 0 Å². The standard InChI is InChI=1S/C7H14NO/c1-6-4-5-7(2,3)8(6)9/h6H,4-5H2,1-3H3/q-1/i6D. The number of hydroxylamine groups is 2. The van der Waals surface area contributed by atoms with Crippen molar-refractivity contribution in [3.05, 3.63) is 5.21 Å². The second-order valence-corrected chi connectivity index (χ2v) is 3.34. The van der Waals surface area contributed by atoms with Gasteiger partial charge >= 0.3 is 0 Å². The summed E-state index contributed by atoms with van der Waals surface area (Å²) in [4.78, 5) is 0. The van der Waals surface area contributed by atoms with Gasteiger partial charge in [0.15, 0.2) is 0 Å². The molecular formula is C7H14NO-. The lowest BCUT2D eigenvalue weighted by molar-refractivity contribution is 0.210. The molecule has 1 rings (SSSR count). The van der Waals surface area contributed by atoms with Gasteiger partial charge in [-0.15, -0.1) is 0 Å². The SMILES string of the molecule is [2H]C1(C)CCC(C)(C)N1[O-]. The lowest BCUT2D eigenvalue weighted by Crippen LogP contribution is -2.36. The van der Waals surface area contributed by atoms with Gasteiger partial charge in [-0.25, -0.2) is 0 Å². The van der Waals surface area contributed by atoms with E-state index in [1.54, 1.807) is 6.92 Å². The Bertz CT molecular complexity index is 129. The van der Waals surface area contributed by atoms with Crippen LogP contribution in [-0.2, 0) is 0 Å². The number of hydrogen-bond acceptors (Lipinski definition) is 2. The van der Waals surface area contributed by atoms with Crippen molar-refractivity contribution in [1.82, 2.24) is 5.06 Å². The van der Waals surface area contributed by atoms with E-state index in [0.717, 1.165) is 11.5 Å². The summed E-state index contributed by atoms with van der Waals surface area (Å²) in [7, 11) is 0. The third-order valence-corrected chi connectivity index (χ3v) is 2.00. The summed E-state index contributed by atoms with van der Waals surface area (Å²) in [5.41, 5.74) is -0.323. The highest BCUT2D eigenvalue weighted by Gasteiger charge is 2.29. The zero-order valence-corrected chi connectivity index (χ0v) is 6.27. The van der Waals surface area contributed by atoms with E-state index in [4.69, 9.17) is 1.37 Å². The molecule has 2 heteroatoms. The highest BCUT2D eigenvalue weighted by molar-refractivity contribution is 4.92. The highest BCUT2D eigenvalue weighted by atomic mass is 16.5. The summed E-state index contributed by atoms with van der Waals surface area (Å²) in [5.74, 6) is 0. The maximum absolute atomic E-state index is 11.3. The van der Waals surface area contributed by atoms with Crippen LogP contribution < -0.4 is 0 Å². The lowest BCUT2D eigenvalue weighted by Gasteiger charge is -2.40. The van der Waals surface area contributed by atoms with Crippen molar-refractivity contribution < 1.29 is 1.37 Å². The first kappa shape index (κ1) is 5.69. The lowest BCUT2D eigenvalue weighted by atomic mass is 10.0. The molecule has 1 aliphatic rings. The average molecular weight is 129 g/mol. The van der Waals surface area contributed by atoms with Crippen LogP contribution in [0.25, 0.3) is 0 Å². The monoisotopic (exact) mass is 129 g/mol. The number of rotatable bonds is 0. The minimum Gasteiger partial charge on any atom is -0.785 e. The Balaban J connectivity index is 2.77. The molecule has 0 spiro atoms. The molecule has 0 aromatic rings. The Kier molecular flexibility index (Phi) is 1.24. The van der Waals surface area contributed by atoms with E-state index in [1.165, 1.54) is 0 Å². The molecule has 1 saturated heterocycles. The van der Waals surface area contributed by atoms with E-state index in [9.17, 15) is 5.21 Å². The van der Waals surface area contributed by atoms with Crippen LogP contribution >= 0.6 is 0 Å². The first-order valence-corrected chi connectivity index (χ1v) is 3.34. The van der Waals surface area contributed by atoms with Gasteiger partial charge in [0.25, 0.3) is 0 Å². The van der Waals surface area contributed by atoms with E-state index in [2.05, 4.69) is 0 Å². The van der Waals surface area contributed by atoms with Crippen molar-refractivity contribution in [2.24, 2.45) is 0 Å². The molecule has 0 aromatic carbocycles. The maximum Gasteiger partial charge on any atom is 0.0455 e. The number of nitrogens with zero attached hydrogens (tertiary/aromatic N) is 1. The van der Waals surface area contributed by atoms with Gasteiger partial charge in [-0.3, -0.25) is 0 Å². The molecule has 1 aliphatic heterocycles. The van der Waals surface area contributed by atoms with Gasteiger partial charge in [-0.05, 0) is 32.7 Å². The molecule has 0 saturated carbocycles. The minimum atomic E-state index is -0.885. The van der Waals surface area contributed by atoms with Crippen LogP contribution in [0.4, 0.5) is 0 Å². The Morgan fingerprint density at radius 3 is 2.44 bits per heavy atom. The van der Waals surface area contributed by atoms with Crippen LogP contribution in [0.1, 0.15) is 35.0 Å². The second-order valence-electron chi connectivity index (χ2n) is 3.34. The summed E-state index contributed by atoms with van der Waals surface area (Å²) in [5, 5.41) is 12.2. The zero-order valence-electron chi connectivity index (χ0n) is 7.27. The predicted molar refractivity (Wildman–Crippen MR) is 38.0 cm³/mol. The Morgan fingerprint density at radius 1 is 1.78 bits per heavy atom. The third kappa shape index (κ3) is 1.10. The molecule has 0 aliphatic carbocycles. The molecule has 0 aromatic heterocycles.